The largest absolute Gasteiger partial charge is 0.271 e. The zero-order valence-electron chi connectivity index (χ0n) is 11.6. The molecule has 0 aromatic heterocycles. The molecule has 1 amide bonds. The fraction of sp³-hybridized carbons (Fsp3) is 0.500. The summed E-state index contributed by atoms with van der Waals surface area (Å²) in [4.78, 5) is 12.0. The second-order valence-electron chi connectivity index (χ2n) is 5.99. The molecule has 0 radical (unpaired) electrons. The number of carbonyl (C=O) groups excluding carboxylic acids is 1. The molecule has 0 spiro atoms. The number of amides is 1. The number of rotatable bonds is 3. The molecule has 1 N–H and O–H groups in total. The quantitative estimate of drug-likeness (QED) is 0.666. The molecule has 4 heteroatoms. The van der Waals surface area contributed by atoms with E-state index in [1.54, 1.807) is 24.3 Å². The molecule has 2 aliphatic carbocycles. The van der Waals surface area contributed by atoms with E-state index in [2.05, 4.69) is 10.5 Å². The van der Waals surface area contributed by atoms with E-state index in [0.29, 0.717) is 16.5 Å². The van der Waals surface area contributed by atoms with E-state index < -0.39 is 0 Å². The van der Waals surface area contributed by atoms with Crippen molar-refractivity contribution in [2.75, 3.05) is 0 Å². The van der Waals surface area contributed by atoms with Gasteiger partial charge in [-0.1, -0.05) is 24.1 Å². The van der Waals surface area contributed by atoms with Crippen molar-refractivity contribution in [2.45, 2.75) is 32.6 Å². The Morgan fingerprint density at radius 1 is 1.35 bits per heavy atom. The van der Waals surface area contributed by atoms with E-state index in [4.69, 9.17) is 11.6 Å². The van der Waals surface area contributed by atoms with E-state index in [0.717, 1.165) is 17.5 Å². The first kappa shape index (κ1) is 13.6. The van der Waals surface area contributed by atoms with Crippen molar-refractivity contribution in [3.63, 3.8) is 0 Å². The van der Waals surface area contributed by atoms with E-state index >= 15 is 0 Å². The predicted octanol–water partition coefficient (Wildman–Crippen LogP) is 3.88. The number of hydrogen-bond acceptors (Lipinski definition) is 2. The Kier molecular flexibility index (Phi) is 3.79. The van der Waals surface area contributed by atoms with Crippen molar-refractivity contribution >= 4 is 23.2 Å². The van der Waals surface area contributed by atoms with Gasteiger partial charge in [0, 0.05) is 22.2 Å². The molecule has 3 unspecified atom stereocenters. The molecule has 3 atom stereocenters. The second-order valence-corrected chi connectivity index (χ2v) is 6.42. The van der Waals surface area contributed by atoms with Crippen molar-refractivity contribution in [1.29, 1.82) is 0 Å². The minimum atomic E-state index is -0.199. The summed E-state index contributed by atoms with van der Waals surface area (Å²) in [6.07, 6.45) is 5.29. The van der Waals surface area contributed by atoms with Crippen LogP contribution in [0.3, 0.4) is 0 Å². The Labute approximate surface area is 124 Å². The van der Waals surface area contributed by atoms with Gasteiger partial charge in [0.05, 0.1) is 0 Å². The lowest BCUT2D eigenvalue weighted by Gasteiger charge is -2.21. The van der Waals surface area contributed by atoms with Crippen LogP contribution in [-0.2, 0) is 0 Å². The Bertz CT molecular complexity index is 555. The van der Waals surface area contributed by atoms with Crippen molar-refractivity contribution in [3.8, 4) is 0 Å². The lowest BCUT2D eigenvalue weighted by atomic mass is 9.86. The summed E-state index contributed by atoms with van der Waals surface area (Å²) in [6.45, 7) is 2.03. The molecular weight excluding hydrogens is 272 g/mol. The van der Waals surface area contributed by atoms with Crippen LogP contribution in [0.5, 0.6) is 0 Å². The average molecular weight is 291 g/mol. The normalized spacial score (nSPS) is 28.7. The highest BCUT2D eigenvalue weighted by atomic mass is 35.5. The Morgan fingerprint density at radius 3 is 2.85 bits per heavy atom. The maximum absolute atomic E-state index is 12.0. The highest BCUT2D eigenvalue weighted by Crippen LogP contribution is 2.48. The number of nitrogens with zero attached hydrogens (tertiary/aromatic N) is 1. The van der Waals surface area contributed by atoms with Gasteiger partial charge >= 0.3 is 0 Å². The highest BCUT2D eigenvalue weighted by Gasteiger charge is 2.40. The van der Waals surface area contributed by atoms with Crippen LogP contribution in [0.15, 0.2) is 29.4 Å². The van der Waals surface area contributed by atoms with E-state index in [1.807, 2.05) is 6.92 Å². The smallest absolute Gasteiger partial charge is 0.267 e. The van der Waals surface area contributed by atoms with Gasteiger partial charge < -0.3 is 0 Å². The third-order valence-electron chi connectivity index (χ3n) is 4.70. The Balaban J connectivity index is 1.63. The number of benzene rings is 1. The summed E-state index contributed by atoms with van der Waals surface area (Å²) in [6, 6.07) is 6.91. The topological polar surface area (TPSA) is 41.5 Å². The maximum Gasteiger partial charge on any atom is 0.271 e. The molecule has 3 rings (SSSR count). The summed E-state index contributed by atoms with van der Waals surface area (Å²) < 4.78 is 0. The average Bonchev–Trinajstić information content (AvgIpc) is 3.07. The van der Waals surface area contributed by atoms with Crippen molar-refractivity contribution < 1.29 is 4.79 Å². The van der Waals surface area contributed by atoms with E-state index in [1.165, 1.54) is 25.7 Å². The summed E-state index contributed by atoms with van der Waals surface area (Å²) >= 11 is 5.88. The summed E-state index contributed by atoms with van der Waals surface area (Å²) in [5.74, 6) is 2.04. The van der Waals surface area contributed by atoms with Gasteiger partial charge in [0.15, 0.2) is 0 Å². The van der Waals surface area contributed by atoms with Crippen molar-refractivity contribution in [2.24, 2.45) is 22.9 Å². The zero-order chi connectivity index (χ0) is 14.1. The molecule has 2 bridgehead atoms. The van der Waals surface area contributed by atoms with Crippen LogP contribution < -0.4 is 5.43 Å². The van der Waals surface area contributed by atoms with Gasteiger partial charge in [0.1, 0.15) is 0 Å². The van der Waals surface area contributed by atoms with Gasteiger partial charge in [-0.15, -0.1) is 0 Å². The number of nitrogens with one attached hydrogen (secondary N) is 1. The van der Waals surface area contributed by atoms with Crippen LogP contribution in [0.1, 0.15) is 43.0 Å². The van der Waals surface area contributed by atoms with Crippen LogP contribution >= 0.6 is 11.6 Å². The van der Waals surface area contributed by atoms with Gasteiger partial charge in [-0.3, -0.25) is 4.79 Å². The first-order chi connectivity index (χ1) is 9.63. The number of fused-ring (bicyclic) bond motifs is 2. The van der Waals surface area contributed by atoms with E-state index in [9.17, 15) is 4.79 Å². The SMILES string of the molecule is CC(=NNC(=O)c1cccc(Cl)c1)C1CC2CCC1C2. The molecule has 2 saturated carbocycles. The molecule has 20 heavy (non-hydrogen) atoms. The molecule has 0 heterocycles. The minimum absolute atomic E-state index is 0.199. The highest BCUT2D eigenvalue weighted by molar-refractivity contribution is 6.30. The molecule has 2 fully saturated rings. The predicted molar refractivity (Wildman–Crippen MR) is 81.0 cm³/mol. The summed E-state index contributed by atoms with van der Waals surface area (Å²) in [5.41, 5.74) is 4.26. The monoisotopic (exact) mass is 290 g/mol. The zero-order valence-corrected chi connectivity index (χ0v) is 12.4. The first-order valence-electron chi connectivity index (χ1n) is 7.23. The third kappa shape index (κ3) is 2.73. The molecule has 2 aliphatic rings. The molecule has 1 aromatic carbocycles. The molecule has 3 nitrogen and oxygen atoms in total. The minimum Gasteiger partial charge on any atom is -0.267 e. The van der Waals surface area contributed by atoms with Crippen LogP contribution in [0.4, 0.5) is 0 Å². The number of carbonyl (C=O) groups is 1. The summed E-state index contributed by atoms with van der Waals surface area (Å²) in [7, 11) is 0. The molecule has 0 aliphatic heterocycles. The summed E-state index contributed by atoms with van der Waals surface area (Å²) in [5, 5.41) is 4.87. The van der Waals surface area contributed by atoms with Gasteiger partial charge in [-0.05, 0) is 56.2 Å². The van der Waals surface area contributed by atoms with Crippen LogP contribution in [-0.4, -0.2) is 11.6 Å². The lowest BCUT2D eigenvalue weighted by molar-refractivity contribution is 0.0954. The molecule has 0 saturated heterocycles. The second kappa shape index (κ2) is 5.57. The van der Waals surface area contributed by atoms with Gasteiger partial charge in [0.2, 0.25) is 0 Å². The van der Waals surface area contributed by atoms with Crippen molar-refractivity contribution in [1.82, 2.24) is 5.43 Å². The standard InChI is InChI=1S/C16H19ClN2O/c1-10(15-8-11-5-6-12(15)7-11)18-19-16(20)13-3-2-4-14(17)9-13/h2-4,9,11-12,15H,5-8H2,1H3,(H,19,20). The fourth-order valence-electron chi connectivity index (χ4n) is 3.67. The van der Waals surface area contributed by atoms with Gasteiger partial charge in [0.25, 0.3) is 5.91 Å². The Morgan fingerprint density at radius 2 is 2.20 bits per heavy atom. The molecular formula is C16H19ClN2O. The van der Waals surface area contributed by atoms with Crippen LogP contribution in [0.2, 0.25) is 5.02 Å². The number of hydrazone groups is 1. The number of hydrogen-bond donors (Lipinski definition) is 1. The maximum atomic E-state index is 12.0. The first-order valence-corrected chi connectivity index (χ1v) is 7.61. The molecule has 1 aromatic rings. The third-order valence-corrected chi connectivity index (χ3v) is 4.93. The van der Waals surface area contributed by atoms with Crippen LogP contribution in [0, 0.1) is 17.8 Å². The van der Waals surface area contributed by atoms with E-state index in [-0.39, 0.29) is 5.91 Å². The van der Waals surface area contributed by atoms with Crippen LogP contribution in [0.25, 0.3) is 0 Å². The molecule has 106 valence electrons. The fourth-order valence-corrected chi connectivity index (χ4v) is 3.86. The lowest BCUT2D eigenvalue weighted by Crippen LogP contribution is -2.24. The van der Waals surface area contributed by atoms with Gasteiger partial charge in [-0.25, -0.2) is 5.43 Å². The number of halogens is 1. The Hall–Kier alpha value is -1.35. The van der Waals surface area contributed by atoms with Gasteiger partial charge in [-0.2, -0.15) is 5.10 Å². The van der Waals surface area contributed by atoms with Crippen molar-refractivity contribution in [3.05, 3.63) is 34.9 Å².